The minimum atomic E-state index is -0.0193. The number of amides is 1. The van der Waals surface area contributed by atoms with Gasteiger partial charge in [0.15, 0.2) is 0 Å². The lowest BCUT2D eigenvalue weighted by Crippen LogP contribution is -2.24. The van der Waals surface area contributed by atoms with E-state index in [1.165, 1.54) is 16.0 Å². The van der Waals surface area contributed by atoms with E-state index in [4.69, 9.17) is 4.74 Å². The van der Waals surface area contributed by atoms with Crippen LogP contribution < -0.4 is 10.1 Å². The molecule has 0 aliphatic rings. The molecule has 0 heterocycles. The molecule has 3 rings (SSSR count). The first-order valence-electron chi connectivity index (χ1n) is 10.4. The second-order valence-corrected chi connectivity index (χ2v) is 8.52. The third-order valence-corrected chi connectivity index (χ3v) is 5.65. The van der Waals surface area contributed by atoms with Crippen molar-refractivity contribution in [3.05, 3.63) is 95.6 Å². The fourth-order valence-corrected chi connectivity index (χ4v) is 3.95. The van der Waals surface area contributed by atoms with E-state index in [0.717, 1.165) is 24.3 Å². The molecule has 4 heteroatoms. The molecule has 1 amide bonds. The molecule has 3 nitrogen and oxygen atoms in total. The van der Waals surface area contributed by atoms with Gasteiger partial charge in [-0.3, -0.25) is 4.79 Å². The molecule has 0 bridgehead atoms. The molecule has 0 fully saturated rings. The third-order valence-electron chi connectivity index (χ3n) is 4.56. The number of thioether (sulfide) groups is 1. The molecular formula is C26H29NO2S. The zero-order valence-electron chi connectivity index (χ0n) is 17.6. The maximum Gasteiger partial charge on any atom is 0.251 e. The van der Waals surface area contributed by atoms with E-state index in [9.17, 15) is 4.79 Å². The number of carbonyl (C=O) groups excluding carboxylic acids is 1. The minimum Gasteiger partial charge on any atom is -0.491 e. The molecule has 0 aromatic heterocycles. The number of ether oxygens (including phenoxy) is 1. The molecule has 156 valence electrons. The van der Waals surface area contributed by atoms with Crippen molar-refractivity contribution in [2.45, 2.75) is 43.4 Å². The summed E-state index contributed by atoms with van der Waals surface area (Å²) in [5.41, 5.74) is 3.14. The number of rotatable bonds is 10. The number of carbonyl (C=O) groups is 1. The monoisotopic (exact) mass is 419 g/mol. The fraction of sp³-hybridized carbons (Fsp3) is 0.269. The smallest absolute Gasteiger partial charge is 0.251 e. The van der Waals surface area contributed by atoms with Gasteiger partial charge in [0.05, 0.1) is 6.10 Å². The van der Waals surface area contributed by atoms with E-state index in [1.807, 2.05) is 68.4 Å². The predicted molar refractivity (Wildman–Crippen MR) is 125 cm³/mol. The summed E-state index contributed by atoms with van der Waals surface area (Å²) in [7, 11) is 0. The van der Waals surface area contributed by atoms with Crippen molar-refractivity contribution in [2.24, 2.45) is 0 Å². The Morgan fingerprint density at radius 1 is 0.933 bits per heavy atom. The minimum absolute atomic E-state index is 0.0193. The van der Waals surface area contributed by atoms with Gasteiger partial charge in [-0.25, -0.2) is 0 Å². The van der Waals surface area contributed by atoms with E-state index < -0.39 is 0 Å². The lowest BCUT2D eigenvalue weighted by atomic mass is 10.1. The van der Waals surface area contributed by atoms with Gasteiger partial charge in [0.25, 0.3) is 5.91 Å². The molecule has 0 saturated carbocycles. The lowest BCUT2D eigenvalue weighted by molar-refractivity contribution is 0.0953. The van der Waals surface area contributed by atoms with Gasteiger partial charge >= 0.3 is 0 Å². The number of aryl methyl sites for hydroxylation is 1. The molecule has 0 atom stereocenters. The second kappa shape index (κ2) is 11.5. The van der Waals surface area contributed by atoms with Gasteiger partial charge in [0.2, 0.25) is 0 Å². The lowest BCUT2D eigenvalue weighted by Gasteiger charge is -2.11. The van der Waals surface area contributed by atoms with Crippen molar-refractivity contribution in [1.29, 1.82) is 0 Å². The van der Waals surface area contributed by atoms with Crippen LogP contribution >= 0.6 is 11.8 Å². The van der Waals surface area contributed by atoms with Crippen molar-refractivity contribution in [3.8, 4) is 5.75 Å². The van der Waals surface area contributed by atoms with E-state index in [1.54, 1.807) is 11.8 Å². The SMILES string of the molecule is CC(C)Oc1cccc(CCCNC(=O)c2ccc(CSc3ccccc3)cc2)c1. The predicted octanol–water partition coefficient (Wildman–Crippen LogP) is 6.13. The molecule has 3 aromatic rings. The average molecular weight is 420 g/mol. The largest absolute Gasteiger partial charge is 0.491 e. The van der Waals surface area contributed by atoms with Gasteiger partial charge in [-0.2, -0.15) is 0 Å². The summed E-state index contributed by atoms with van der Waals surface area (Å²) in [6.45, 7) is 4.70. The zero-order chi connectivity index (χ0) is 21.2. The maximum atomic E-state index is 12.4. The van der Waals surface area contributed by atoms with Crippen LogP contribution in [0.25, 0.3) is 0 Å². The van der Waals surface area contributed by atoms with Crippen LogP contribution in [0.2, 0.25) is 0 Å². The molecular weight excluding hydrogens is 390 g/mol. The Morgan fingerprint density at radius 3 is 2.43 bits per heavy atom. The normalized spacial score (nSPS) is 10.8. The molecule has 0 saturated heterocycles. The Kier molecular flexibility index (Phi) is 8.40. The van der Waals surface area contributed by atoms with Crippen LogP contribution in [0.5, 0.6) is 5.75 Å². The van der Waals surface area contributed by atoms with E-state index >= 15 is 0 Å². The topological polar surface area (TPSA) is 38.3 Å². The maximum absolute atomic E-state index is 12.4. The first-order valence-corrected chi connectivity index (χ1v) is 11.4. The Labute approximate surface area is 183 Å². The standard InChI is InChI=1S/C26H29NO2S/c1-20(2)29-24-10-6-8-21(18-24)9-7-17-27-26(28)23-15-13-22(14-16-23)19-30-25-11-4-3-5-12-25/h3-6,8,10-16,18,20H,7,9,17,19H2,1-2H3,(H,27,28). The van der Waals surface area contributed by atoms with Gasteiger partial charge in [-0.15, -0.1) is 11.8 Å². The van der Waals surface area contributed by atoms with Crippen molar-refractivity contribution >= 4 is 17.7 Å². The quantitative estimate of drug-likeness (QED) is 0.317. The summed E-state index contributed by atoms with van der Waals surface area (Å²) in [4.78, 5) is 13.6. The highest BCUT2D eigenvalue weighted by Crippen LogP contribution is 2.22. The number of hydrogen-bond acceptors (Lipinski definition) is 3. The van der Waals surface area contributed by atoms with Crippen LogP contribution in [0.4, 0.5) is 0 Å². The molecule has 0 aliphatic heterocycles. The molecule has 30 heavy (non-hydrogen) atoms. The van der Waals surface area contributed by atoms with Crippen molar-refractivity contribution in [2.75, 3.05) is 6.54 Å². The zero-order valence-corrected chi connectivity index (χ0v) is 18.5. The highest BCUT2D eigenvalue weighted by molar-refractivity contribution is 7.98. The summed E-state index contributed by atoms with van der Waals surface area (Å²) in [5.74, 6) is 1.78. The molecule has 0 spiro atoms. The molecule has 0 aliphatic carbocycles. The van der Waals surface area contributed by atoms with Gasteiger partial charge in [-0.05, 0) is 74.2 Å². The highest BCUT2D eigenvalue weighted by Gasteiger charge is 2.06. The third kappa shape index (κ3) is 7.27. The Morgan fingerprint density at radius 2 is 1.70 bits per heavy atom. The van der Waals surface area contributed by atoms with Crippen LogP contribution in [-0.2, 0) is 12.2 Å². The average Bonchev–Trinajstić information content (AvgIpc) is 2.76. The summed E-state index contributed by atoms with van der Waals surface area (Å²) >= 11 is 1.80. The van der Waals surface area contributed by atoms with E-state index in [0.29, 0.717) is 12.1 Å². The van der Waals surface area contributed by atoms with E-state index in [-0.39, 0.29) is 12.0 Å². The Bertz CT molecular complexity index is 923. The fourth-order valence-electron chi connectivity index (χ4n) is 3.08. The summed E-state index contributed by atoms with van der Waals surface area (Å²) in [6, 6.07) is 26.4. The highest BCUT2D eigenvalue weighted by atomic mass is 32.2. The molecule has 3 aromatic carbocycles. The van der Waals surface area contributed by atoms with Crippen LogP contribution in [-0.4, -0.2) is 18.6 Å². The van der Waals surface area contributed by atoms with Crippen molar-refractivity contribution in [3.63, 3.8) is 0 Å². The summed E-state index contributed by atoms with van der Waals surface area (Å²) in [5, 5.41) is 3.02. The van der Waals surface area contributed by atoms with Crippen LogP contribution in [0, 0.1) is 0 Å². The van der Waals surface area contributed by atoms with E-state index in [2.05, 4.69) is 29.6 Å². The van der Waals surface area contributed by atoms with Gasteiger partial charge < -0.3 is 10.1 Å². The number of nitrogens with one attached hydrogen (secondary N) is 1. The van der Waals surface area contributed by atoms with Crippen molar-refractivity contribution in [1.82, 2.24) is 5.32 Å². The van der Waals surface area contributed by atoms with Gasteiger partial charge in [0.1, 0.15) is 5.75 Å². The summed E-state index contributed by atoms with van der Waals surface area (Å²) < 4.78 is 5.74. The molecule has 0 radical (unpaired) electrons. The van der Waals surface area contributed by atoms with Crippen LogP contribution in [0.1, 0.15) is 41.8 Å². The van der Waals surface area contributed by atoms with Gasteiger partial charge in [-0.1, -0.05) is 42.5 Å². The van der Waals surface area contributed by atoms with Crippen molar-refractivity contribution < 1.29 is 9.53 Å². The van der Waals surface area contributed by atoms with Crippen LogP contribution in [0.3, 0.4) is 0 Å². The first-order chi connectivity index (χ1) is 14.6. The second-order valence-electron chi connectivity index (χ2n) is 7.47. The number of benzene rings is 3. The Hall–Kier alpha value is -2.72. The molecule has 0 unspecified atom stereocenters. The van der Waals surface area contributed by atoms with Gasteiger partial charge in [0, 0.05) is 22.8 Å². The first kappa shape index (κ1) is 22.0. The Balaban J connectivity index is 1.40. The summed E-state index contributed by atoms with van der Waals surface area (Å²) in [6.07, 6.45) is 1.97. The number of hydrogen-bond donors (Lipinski definition) is 1. The van der Waals surface area contributed by atoms with Crippen LogP contribution in [0.15, 0.2) is 83.8 Å². The molecule has 1 N–H and O–H groups in total.